The van der Waals surface area contributed by atoms with E-state index in [1.165, 1.54) is 17.4 Å². The van der Waals surface area contributed by atoms with Crippen molar-refractivity contribution in [1.82, 2.24) is 4.98 Å². The Morgan fingerprint density at radius 1 is 1.08 bits per heavy atom. The van der Waals surface area contributed by atoms with Gasteiger partial charge in [-0.15, -0.1) is 11.3 Å². The standard InChI is InChI=1S/C30H28FN5O2S/c1-18-6-4-8-22(31)27(18)34-29(37)25-16-19-12-15-36(24-10-3-2-7-21(24)28(19)39-25)30(38)23-9-5-11-26(33-23)35-14-13-20(32)17-35/h2-11,16,20H,12-15,17,32H2,1H3,(H,34,37)/t20-/m0/s1. The summed E-state index contributed by atoms with van der Waals surface area (Å²) in [6.45, 7) is 3.75. The Labute approximate surface area is 230 Å². The van der Waals surface area contributed by atoms with Crippen molar-refractivity contribution in [3.63, 3.8) is 0 Å². The van der Waals surface area contributed by atoms with Crippen LogP contribution in [0.25, 0.3) is 10.4 Å². The molecule has 198 valence electrons. The van der Waals surface area contributed by atoms with Crippen LogP contribution in [-0.4, -0.2) is 42.5 Å². The maximum Gasteiger partial charge on any atom is 0.276 e. The highest BCUT2D eigenvalue weighted by molar-refractivity contribution is 7.17. The van der Waals surface area contributed by atoms with E-state index in [2.05, 4.69) is 10.2 Å². The summed E-state index contributed by atoms with van der Waals surface area (Å²) < 4.78 is 14.3. The predicted octanol–water partition coefficient (Wildman–Crippen LogP) is 5.25. The number of benzene rings is 2. The number of carbonyl (C=O) groups excluding carboxylic acids is 2. The molecule has 2 amide bonds. The van der Waals surface area contributed by atoms with Gasteiger partial charge in [0.2, 0.25) is 0 Å². The molecule has 0 unspecified atom stereocenters. The average Bonchev–Trinajstić information content (AvgIpc) is 3.54. The molecule has 1 atom stereocenters. The molecular formula is C30H28FN5O2S. The maximum absolute atomic E-state index is 14.3. The van der Waals surface area contributed by atoms with Gasteiger partial charge in [0.25, 0.3) is 11.8 Å². The van der Waals surface area contributed by atoms with Gasteiger partial charge in [-0.3, -0.25) is 9.59 Å². The van der Waals surface area contributed by atoms with E-state index in [0.29, 0.717) is 29.1 Å². The summed E-state index contributed by atoms with van der Waals surface area (Å²) in [7, 11) is 0. The van der Waals surface area contributed by atoms with Crippen LogP contribution in [0.1, 0.15) is 37.7 Å². The number of aryl methyl sites for hydroxylation is 1. The van der Waals surface area contributed by atoms with Gasteiger partial charge in [0, 0.05) is 36.1 Å². The molecule has 4 heterocycles. The first-order valence-corrected chi connectivity index (χ1v) is 13.8. The molecule has 9 heteroatoms. The lowest BCUT2D eigenvalue weighted by Crippen LogP contribution is -2.33. The van der Waals surface area contributed by atoms with Crippen LogP contribution in [0, 0.1) is 12.7 Å². The van der Waals surface area contributed by atoms with Gasteiger partial charge in [0.05, 0.1) is 16.3 Å². The largest absolute Gasteiger partial charge is 0.355 e. The van der Waals surface area contributed by atoms with Crippen LogP contribution < -0.4 is 20.9 Å². The Bertz CT molecular complexity index is 1570. The number of nitrogens with one attached hydrogen (secondary N) is 1. The monoisotopic (exact) mass is 541 g/mol. The molecule has 1 saturated heterocycles. The number of fused-ring (bicyclic) bond motifs is 3. The summed E-state index contributed by atoms with van der Waals surface area (Å²) in [6, 6.07) is 19.9. The molecule has 0 spiro atoms. The van der Waals surface area contributed by atoms with Crippen molar-refractivity contribution in [3.8, 4) is 10.4 Å². The van der Waals surface area contributed by atoms with Gasteiger partial charge in [-0.2, -0.15) is 0 Å². The van der Waals surface area contributed by atoms with Crippen molar-refractivity contribution in [1.29, 1.82) is 0 Å². The molecule has 1 fully saturated rings. The Kier molecular flexibility index (Phi) is 6.62. The lowest BCUT2D eigenvalue weighted by atomic mass is 10.1. The fourth-order valence-corrected chi connectivity index (χ4v) is 6.38. The molecule has 4 aromatic rings. The highest BCUT2D eigenvalue weighted by Gasteiger charge is 2.29. The van der Waals surface area contributed by atoms with Crippen molar-refractivity contribution in [3.05, 3.63) is 94.2 Å². The predicted molar refractivity (Wildman–Crippen MR) is 153 cm³/mol. The lowest BCUT2D eigenvalue weighted by Gasteiger charge is -2.23. The summed E-state index contributed by atoms with van der Waals surface area (Å²) in [6.07, 6.45) is 1.47. The molecule has 39 heavy (non-hydrogen) atoms. The summed E-state index contributed by atoms with van der Waals surface area (Å²) in [5.41, 5.74) is 9.94. The average molecular weight is 542 g/mol. The number of anilines is 3. The van der Waals surface area contributed by atoms with Crippen LogP contribution in [0.4, 0.5) is 21.6 Å². The lowest BCUT2D eigenvalue weighted by molar-refractivity contribution is 0.0981. The first kappa shape index (κ1) is 25.2. The molecular weight excluding hydrogens is 513 g/mol. The molecule has 2 aliphatic rings. The van der Waals surface area contributed by atoms with E-state index in [0.717, 1.165) is 47.0 Å². The van der Waals surface area contributed by atoms with E-state index in [4.69, 9.17) is 10.7 Å². The minimum absolute atomic E-state index is 0.116. The van der Waals surface area contributed by atoms with Crippen molar-refractivity contribution in [2.45, 2.75) is 25.8 Å². The van der Waals surface area contributed by atoms with Gasteiger partial charge in [-0.25, -0.2) is 9.37 Å². The number of rotatable bonds is 4. The second-order valence-electron chi connectivity index (χ2n) is 9.95. The number of aromatic nitrogens is 1. The fraction of sp³-hybridized carbons (Fsp3) is 0.233. The Balaban J connectivity index is 1.30. The van der Waals surface area contributed by atoms with E-state index in [1.54, 1.807) is 30.0 Å². The molecule has 6 rings (SSSR count). The number of halogens is 1. The number of para-hydroxylation sites is 2. The molecule has 2 aromatic carbocycles. The van der Waals surface area contributed by atoms with Crippen LogP contribution in [0.2, 0.25) is 0 Å². The van der Waals surface area contributed by atoms with Crippen molar-refractivity contribution in [2.75, 3.05) is 34.8 Å². The van der Waals surface area contributed by atoms with Crippen LogP contribution in [0.15, 0.2) is 66.7 Å². The third kappa shape index (κ3) is 4.79. The van der Waals surface area contributed by atoms with E-state index in [-0.39, 0.29) is 23.5 Å². The van der Waals surface area contributed by atoms with Crippen LogP contribution in [0.3, 0.4) is 0 Å². The normalized spacial score (nSPS) is 16.4. The van der Waals surface area contributed by atoms with Gasteiger partial charge in [0.1, 0.15) is 17.3 Å². The summed E-state index contributed by atoms with van der Waals surface area (Å²) in [5, 5.41) is 2.73. The SMILES string of the molecule is Cc1cccc(F)c1NC(=O)c1cc2c(s1)-c1ccccc1N(C(=O)c1cccc(N3CC[C@H](N)C3)n1)CC2. The van der Waals surface area contributed by atoms with Crippen molar-refractivity contribution < 1.29 is 14.0 Å². The molecule has 3 N–H and O–H groups in total. The molecule has 0 aliphatic carbocycles. The molecule has 0 bridgehead atoms. The Hall–Kier alpha value is -4.08. The zero-order valence-electron chi connectivity index (χ0n) is 21.5. The van der Waals surface area contributed by atoms with Gasteiger partial charge in [-0.05, 0) is 61.2 Å². The number of amides is 2. The first-order valence-electron chi connectivity index (χ1n) is 13.0. The van der Waals surface area contributed by atoms with Crippen LogP contribution in [0.5, 0.6) is 0 Å². The summed E-state index contributed by atoms with van der Waals surface area (Å²) >= 11 is 1.35. The zero-order valence-corrected chi connectivity index (χ0v) is 22.3. The molecule has 0 saturated carbocycles. The summed E-state index contributed by atoms with van der Waals surface area (Å²) in [4.78, 5) is 36.9. The molecule has 0 radical (unpaired) electrons. The number of pyridine rings is 1. The number of nitrogens with two attached hydrogens (primary N) is 1. The molecule has 2 aliphatic heterocycles. The highest BCUT2D eigenvalue weighted by Crippen LogP contribution is 2.42. The van der Waals surface area contributed by atoms with Gasteiger partial charge in [-0.1, -0.05) is 36.4 Å². The van der Waals surface area contributed by atoms with Crippen LogP contribution >= 0.6 is 11.3 Å². The topological polar surface area (TPSA) is 91.6 Å². The smallest absolute Gasteiger partial charge is 0.276 e. The number of hydrogen-bond acceptors (Lipinski definition) is 6. The number of hydrogen-bond donors (Lipinski definition) is 2. The second kappa shape index (κ2) is 10.2. The third-order valence-electron chi connectivity index (χ3n) is 7.28. The molecule has 2 aromatic heterocycles. The van der Waals surface area contributed by atoms with E-state index >= 15 is 0 Å². The van der Waals surface area contributed by atoms with Crippen molar-refractivity contribution >= 4 is 40.3 Å². The van der Waals surface area contributed by atoms with Crippen LogP contribution in [-0.2, 0) is 6.42 Å². The number of nitrogens with zero attached hydrogens (tertiary/aromatic N) is 3. The quantitative estimate of drug-likeness (QED) is 0.368. The third-order valence-corrected chi connectivity index (χ3v) is 8.49. The first-order chi connectivity index (χ1) is 18.9. The van der Waals surface area contributed by atoms with Gasteiger partial charge in [0.15, 0.2) is 0 Å². The minimum atomic E-state index is -0.466. The van der Waals surface area contributed by atoms with E-state index in [9.17, 15) is 14.0 Å². The molecule has 7 nitrogen and oxygen atoms in total. The Morgan fingerprint density at radius 2 is 1.90 bits per heavy atom. The maximum atomic E-state index is 14.3. The number of carbonyl (C=O) groups is 2. The second-order valence-corrected chi connectivity index (χ2v) is 11.0. The van der Waals surface area contributed by atoms with Crippen molar-refractivity contribution in [2.24, 2.45) is 5.73 Å². The van der Waals surface area contributed by atoms with E-state index in [1.807, 2.05) is 42.5 Å². The minimum Gasteiger partial charge on any atom is -0.355 e. The fourth-order valence-electron chi connectivity index (χ4n) is 5.24. The zero-order chi connectivity index (χ0) is 27.1. The van der Waals surface area contributed by atoms with E-state index < -0.39 is 5.82 Å². The van der Waals surface area contributed by atoms with Gasteiger partial charge >= 0.3 is 0 Å². The number of thiophene rings is 1. The van der Waals surface area contributed by atoms with Gasteiger partial charge < -0.3 is 20.9 Å². The Morgan fingerprint density at radius 3 is 2.69 bits per heavy atom. The highest BCUT2D eigenvalue weighted by atomic mass is 32.1. The summed E-state index contributed by atoms with van der Waals surface area (Å²) in [5.74, 6) is -0.228.